The second-order valence-electron chi connectivity index (χ2n) is 4.71. The van der Waals surface area contributed by atoms with Crippen molar-refractivity contribution in [2.75, 3.05) is 6.61 Å². The first-order chi connectivity index (χ1) is 9.95. The summed E-state index contributed by atoms with van der Waals surface area (Å²) in [5, 5.41) is 40.9. The van der Waals surface area contributed by atoms with Gasteiger partial charge in [0.05, 0.1) is 12.2 Å². The zero-order chi connectivity index (χ0) is 15.6. The van der Waals surface area contributed by atoms with Crippen molar-refractivity contribution in [3.05, 3.63) is 33.4 Å². The average Bonchev–Trinajstić information content (AvgIpc) is 2.47. The van der Waals surface area contributed by atoms with E-state index in [4.69, 9.17) is 9.84 Å². The summed E-state index contributed by atoms with van der Waals surface area (Å²) in [5.74, 6) is -0.499. The molecule has 1 amide bonds. The van der Waals surface area contributed by atoms with Gasteiger partial charge in [-0.05, 0) is 34.7 Å². The van der Waals surface area contributed by atoms with Crippen molar-refractivity contribution in [3.63, 3.8) is 0 Å². The number of hydrogen-bond acceptors (Lipinski definition) is 6. The fourth-order valence-corrected chi connectivity index (χ4v) is 2.76. The first-order valence-electron chi connectivity index (χ1n) is 6.31. The van der Waals surface area contributed by atoms with E-state index in [1.54, 1.807) is 24.3 Å². The Kier molecular flexibility index (Phi) is 5.52. The first-order valence-corrected chi connectivity index (χ1v) is 7.39. The van der Waals surface area contributed by atoms with Gasteiger partial charge in [-0.15, -0.1) is 0 Å². The first kappa shape index (κ1) is 16.6. The van der Waals surface area contributed by atoms with Crippen molar-refractivity contribution in [1.29, 1.82) is 0 Å². The van der Waals surface area contributed by atoms with Crippen LogP contribution in [0.5, 0.6) is 0 Å². The number of carbonyl (C=O) groups excluding carboxylic acids is 1. The quantitative estimate of drug-likeness (QED) is 0.404. The predicted molar refractivity (Wildman–Crippen MR) is 80.4 cm³/mol. The van der Waals surface area contributed by atoms with Crippen LogP contribution in [0.25, 0.3) is 0 Å². The largest absolute Gasteiger partial charge is 0.394 e. The van der Waals surface area contributed by atoms with Crippen LogP contribution >= 0.6 is 22.6 Å². The molecule has 0 radical (unpaired) electrons. The number of nitrogens with one attached hydrogen (secondary N) is 1. The van der Waals surface area contributed by atoms with Crippen molar-refractivity contribution in [1.82, 2.24) is 5.32 Å². The van der Waals surface area contributed by atoms with Crippen LogP contribution in [-0.2, 0) is 4.74 Å². The highest BCUT2D eigenvalue weighted by Crippen LogP contribution is 2.20. The Morgan fingerprint density at radius 3 is 2.52 bits per heavy atom. The molecular formula is C13H16INO6. The SMILES string of the molecule is O=C(N[C@@H]1[C@@H](O)[C@H](O)[C@@H](CO)O[C@@H]1O)c1ccccc1[123I]. The van der Waals surface area contributed by atoms with Gasteiger partial charge >= 0.3 is 0 Å². The number of aliphatic hydroxyl groups is 4. The number of aliphatic hydroxyl groups excluding tert-OH is 4. The lowest BCUT2D eigenvalue weighted by Crippen LogP contribution is -2.64. The van der Waals surface area contributed by atoms with E-state index in [1.807, 2.05) is 22.6 Å². The number of rotatable bonds is 3. The Balaban J connectivity index is 2.12. The average molecular weight is 405 g/mol. The highest BCUT2D eigenvalue weighted by Gasteiger charge is 2.44. The lowest BCUT2D eigenvalue weighted by atomic mass is 9.97. The van der Waals surface area contributed by atoms with E-state index in [2.05, 4.69) is 5.32 Å². The highest BCUT2D eigenvalue weighted by atomic mass is 123. The summed E-state index contributed by atoms with van der Waals surface area (Å²) < 4.78 is 5.69. The van der Waals surface area contributed by atoms with Crippen LogP contribution in [0.4, 0.5) is 0 Å². The molecule has 1 saturated heterocycles. The molecule has 5 N–H and O–H groups in total. The van der Waals surface area contributed by atoms with Gasteiger partial charge in [-0.3, -0.25) is 4.79 Å². The Morgan fingerprint density at radius 1 is 1.24 bits per heavy atom. The maximum absolute atomic E-state index is 12.2. The normalized spacial score (nSPS) is 32.7. The topological polar surface area (TPSA) is 119 Å². The van der Waals surface area contributed by atoms with Crippen molar-refractivity contribution < 1.29 is 30.0 Å². The molecule has 5 atom stereocenters. The van der Waals surface area contributed by atoms with Crippen LogP contribution in [0.2, 0.25) is 0 Å². The van der Waals surface area contributed by atoms with E-state index in [-0.39, 0.29) is 0 Å². The lowest BCUT2D eigenvalue weighted by molar-refractivity contribution is -0.252. The second-order valence-corrected chi connectivity index (χ2v) is 5.87. The minimum atomic E-state index is -1.52. The third-order valence-electron chi connectivity index (χ3n) is 3.32. The molecule has 0 unspecified atom stereocenters. The Morgan fingerprint density at radius 2 is 1.90 bits per heavy atom. The molecule has 0 aliphatic carbocycles. The smallest absolute Gasteiger partial charge is 0.252 e. The lowest BCUT2D eigenvalue weighted by Gasteiger charge is -2.40. The summed E-state index contributed by atoms with van der Waals surface area (Å²) in [6.07, 6.45) is -5.47. The summed E-state index contributed by atoms with van der Waals surface area (Å²) in [6.45, 7) is -0.549. The van der Waals surface area contributed by atoms with Crippen molar-refractivity contribution in [2.24, 2.45) is 0 Å². The molecule has 1 aliphatic rings. The third kappa shape index (κ3) is 3.52. The molecule has 1 heterocycles. The molecule has 0 aromatic heterocycles. The molecule has 2 rings (SSSR count). The van der Waals surface area contributed by atoms with Crippen LogP contribution in [0, 0.1) is 3.57 Å². The van der Waals surface area contributed by atoms with E-state index in [0.717, 1.165) is 0 Å². The Bertz CT molecular complexity index is 513. The number of hydrogen-bond donors (Lipinski definition) is 5. The monoisotopic (exact) mass is 405 g/mol. The van der Waals surface area contributed by atoms with Crippen LogP contribution in [0.15, 0.2) is 24.3 Å². The van der Waals surface area contributed by atoms with Gasteiger partial charge in [0.15, 0.2) is 6.29 Å². The summed E-state index contributed by atoms with van der Waals surface area (Å²) >= 11 is 1.99. The molecule has 0 saturated carbocycles. The summed E-state index contributed by atoms with van der Waals surface area (Å²) in [5.41, 5.74) is 0.385. The molecule has 1 aromatic carbocycles. The maximum atomic E-state index is 12.2. The van der Waals surface area contributed by atoms with Gasteiger partial charge in [0.2, 0.25) is 0 Å². The molecule has 7 nitrogen and oxygen atoms in total. The van der Waals surface area contributed by atoms with E-state index in [1.165, 1.54) is 0 Å². The molecule has 1 fully saturated rings. The number of halogens is 1. The fourth-order valence-electron chi connectivity index (χ4n) is 2.13. The summed E-state index contributed by atoms with van der Waals surface area (Å²) in [4.78, 5) is 12.2. The van der Waals surface area contributed by atoms with Gasteiger partial charge in [-0.1, -0.05) is 12.1 Å². The van der Waals surface area contributed by atoms with Crippen LogP contribution in [0.1, 0.15) is 10.4 Å². The van der Waals surface area contributed by atoms with E-state index >= 15 is 0 Å². The van der Waals surface area contributed by atoms with Crippen LogP contribution in [0.3, 0.4) is 0 Å². The third-order valence-corrected chi connectivity index (χ3v) is 4.26. The molecule has 1 aliphatic heterocycles. The molecular weight excluding hydrogens is 389 g/mol. The number of ether oxygens (including phenoxy) is 1. The van der Waals surface area contributed by atoms with Crippen molar-refractivity contribution >= 4 is 28.5 Å². The molecule has 0 bridgehead atoms. The minimum absolute atomic E-state index is 0.385. The van der Waals surface area contributed by atoms with E-state index < -0.39 is 43.2 Å². The highest BCUT2D eigenvalue weighted by molar-refractivity contribution is 14.1. The van der Waals surface area contributed by atoms with E-state index in [0.29, 0.717) is 9.13 Å². The molecule has 1 aromatic rings. The Labute approximate surface area is 134 Å². The van der Waals surface area contributed by atoms with Crippen molar-refractivity contribution in [3.8, 4) is 0 Å². The fraction of sp³-hybridized carbons (Fsp3) is 0.462. The van der Waals surface area contributed by atoms with Gasteiger partial charge in [0, 0.05) is 3.57 Å². The molecule has 21 heavy (non-hydrogen) atoms. The van der Waals surface area contributed by atoms with Gasteiger partial charge in [-0.25, -0.2) is 0 Å². The van der Waals surface area contributed by atoms with Crippen molar-refractivity contribution in [2.45, 2.75) is 30.6 Å². The number of benzene rings is 1. The second kappa shape index (κ2) is 6.99. The summed E-state index contributed by atoms with van der Waals surface area (Å²) in [7, 11) is 0. The summed E-state index contributed by atoms with van der Waals surface area (Å²) in [6, 6.07) is 5.63. The maximum Gasteiger partial charge on any atom is 0.252 e. The molecule has 8 heteroatoms. The van der Waals surface area contributed by atoms with Gasteiger partial charge in [-0.2, -0.15) is 0 Å². The minimum Gasteiger partial charge on any atom is -0.394 e. The predicted octanol–water partition coefficient (Wildman–Crippen LogP) is -1.18. The van der Waals surface area contributed by atoms with E-state index in [9.17, 15) is 20.1 Å². The zero-order valence-electron chi connectivity index (χ0n) is 10.9. The van der Waals surface area contributed by atoms with Crippen LogP contribution < -0.4 is 5.32 Å². The van der Waals surface area contributed by atoms with Gasteiger partial charge < -0.3 is 30.5 Å². The van der Waals surface area contributed by atoms with Crippen LogP contribution in [-0.4, -0.2) is 63.6 Å². The Hall–Kier alpha value is -0.780. The molecule has 116 valence electrons. The number of amides is 1. The standard InChI is InChI=1S/C13H16INO6/c14-7-4-2-1-3-6(7)12(19)15-9-11(18)10(17)8(5-16)21-13(9)20/h1-4,8-11,13,16-18,20H,5H2,(H,15,19)/t8-,9-,10-,11-,13+/m1/s1/i14-4. The number of carbonyl (C=O) groups is 1. The molecule has 0 spiro atoms. The zero-order valence-corrected chi connectivity index (χ0v) is 13.0. The van der Waals surface area contributed by atoms with Gasteiger partial charge in [0.1, 0.15) is 24.4 Å². The van der Waals surface area contributed by atoms with Gasteiger partial charge in [0.25, 0.3) is 5.91 Å².